The van der Waals surface area contributed by atoms with Gasteiger partial charge in [-0.15, -0.1) is 12.4 Å². The van der Waals surface area contributed by atoms with Crippen LogP contribution in [0.5, 0.6) is 0 Å². The van der Waals surface area contributed by atoms with E-state index in [2.05, 4.69) is 22.3 Å². The van der Waals surface area contributed by atoms with Crippen molar-refractivity contribution in [3.8, 4) is 11.5 Å². The summed E-state index contributed by atoms with van der Waals surface area (Å²) in [6, 6.07) is 17.6. The van der Waals surface area contributed by atoms with E-state index in [1.807, 2.05) is 47.4 Å². The van der Waals surface area contributed by atoms with Crippen molar-refractivity contribution in [3.63, 3.8) is 0 Å². The summed E-state index contributed by atoms with van der Waals surface area (Å²) in [4.78, 5) is 19.4. The molecule has 7 heteroatoms. The molecule has 0 aliphatic carbocycles. The van der Waals surface area contributed by atoms with Gasteiger partial charge in [-0.3, -0.25) is 4.79 Å². The number of halogens is 1. The maximum atomic E-state index is 13.3. The van der Waals surface area contributed by atoms with Gasteiger partial charge >= 0.3 is 0 Å². The van der Waals surface area contributed by atoms with Crippen molar-refractivity contribution in [1.82, 2.24) is 15.0 Å². The second-order valence-electron chi connectivity index (χ2n) is 6.92. The zero-order chi connectivity index (χ0) is 18.8. The highest BCUT2D eigenvalue weighted by Crippen LogP contribution is 2.34. The van der Waals surface area contributed by atoms with Crippen LogP contribution in [-0.4, -0.2) is 40.6 Å². The summed E-state index contributed by atoms with van der Waals surface area (Å²) in [5, 5.41) is 3.84. The first kappa shape index (κ1) is 20.0. The minimum Gasteiger partial charge on any atom is -0.338 e. The third kappa shape index (κ3) is 3.79. The van der Waals surface area contributed by atoms with E-state index in [1.165, 1.54) is 5.56 Å². The van der Waals surface area contributed by atoms with Gasteiger partial charge in [0.25, 0.3) is 11.8 Å². The molecule has 3 aromatic rings. The van der Waals surface area contributed by atoms with Gasteiger partial charge in [0.05, 0.1) is 11.1 Å². The Morgan fingerprint density at radius 2 is 1.86 bits per heavy atom. The molecule has 6 nitrogen and oxygen atoms in total. The molecule has 28 heavy (non-hydrogen) atoms. The molecule has 146 valence electrons. The molecule has 1 fully saturated rings. The van der Waals surface area contributed by atoms with Crippen molar-refractivity contribution in [1.29, 1.82) is 0 Å². The molecule has 0 unspecified atom stereocenters. The number of aryl methyl sites for hydroxylation is 1. The fourth-order valence-electron chi connectivity index (χ4n) is 3.79. The maximum absolute atomic E-state index is 13.3. The van der Waals surface area contributed by atoms with E-state index < -0.39 is 0 Å². The van der Waals surface area contributed by atoms with Crippen molar-refractivity contribution in [2.45, 2.75) is 12.8 Å². The second-order valence-corrected chi connectivity index (χ2v) is 6.92. The first-order valence-corrected chi connectivity index (χ1v) is 9.11. The number of likely N-dealkylation sites (tertiary alicyclic amines) is 1. The summed E-state index contributed by atoms with van der Waals surface area (Å²) in [7, 11) is 0. The first-order valence-electron chi connectivity index (χ1n) is 9.11. The normalized spacial score (nSPS) is 18.7. The molecule has 2 atom stereocenters. The van der Waals surface area contributed by atoms with Crippen LogP contribution >= 0.6 is 12.4 Å². The van der Waals surface area contributed by atoms with Crippen LogP contribution in [0.1, 0.15) is 27.7 Å². The van der Waals surface area contributed by atoms with E-state index in [-0.39, 0.29) is 30.2 Å². The predicted octanol–water partition coefficient (Wildman–Crippen LogP) is 3.28. The minimum atomic E-state index is -0.0293. The van der Waals surface area contributed by atoms with E-state index >= 15 is 0 Å². The Balaban J connectivity index is 0.00000225. The lowest BCUT2D eigenvalue weighted by molar-refractivity contribution is 0.0787. The molecule has 1 aromatic heterocycles. The standard InChI is InChI=1S/C21H22N4O2.ClH/c1-14-23-20(27-24-14)17-9-5-6-10-18(17)21(26)25-12-16(11-22)19(13-25)15-7-3-2-4-8-15;/h2-10,16,19H,11-13,22H2,1H3;1H/t16-,19+;/m1./s1. The number of nitrogens with two attached hydrogens (primary N) is 1. The van der Waals surface area contributed by atoms with Crippen LogP contribution in [0.25, 0.3) is 11.5 Å². The zero-order valence-corrected chi connectivity index (χ0v) is 16.4. The van der Waals surface area contributed by atoms with Crippen molar-refractivity contribution >= 4 is 18.3 Å². The van der Waals surface area contributed by atoms with Gasteiger partial charge in [-0.05, 0) is 37.1 Å². The molecule has 2 aromatic carbocycles. The molecule has 0 saturated carbocycles. The number of benzene rings is 2. The highest BCUT2D eigenvalue weighted by atomic mass is 35.5. The molecule has 0 spiro atoms. The van der Waals surface area contributed by atoms with E-state index in [9.17, 15) is 4.79 Å². The Morgan fingerprint density at radius 1 is 1.14 bits per heavy atom. The van der Waals surface area contributed by atoms with E-state index in [0.29, 0.717) is 42.5 Å². The lowest BCUT2D eigenvalue weighted by atomic mass is 9.89. The molecule has 1 saturated heterocycles. The average molecular weight is 399 g/mol. The molecule has 1 amide bonds. The summed E-state index contributed by atoms with van der Waals surface area (Å²) in [5.74, 6) is 1.37. The van der Waals surface area contributed by atoms with Crippen molar-refractivity contribution < 1.29 is 9.32 Å². The van der Waals surface area contributed by atoms with Gasteiger partial charge in [-0.2, -0.15) is 4.98 Å². The molecule has 1 aliphatic heterocycles. The Kier molecular flexibility index (Phi) is 6.11. The monoisotopic (exact) mass is 398 g/mol. The van der Waals surface area contributed by atoms with Gasteiger partial charge in [-0.25, -0.2) is 0 Å². The molecule has 2 heterocycles. The minimum absolute atomic E-state index is 0. The van der Waals surface area contributed by atoms with Gasteiger partial charge < -0.3 is 15.2 Å². The fraction of sp³-hybridized carbons (Fsp3) is 0.286. The van der Waals surface area contributed by atoms with E-state index in [4.69, 9.17) is 10.3 Å². The summed E-state index contributed by atoms with van der Waals surface area (Å²) in [6.45, 7) is 3.61. The lowest BCUT2D eigenvalue weighted by Crippen LogP contribution is -2.30. The molecule has 2 N–H and O–H groups in total. The zero-order valence-electron chi connectivity index (χ0n) is 15.6. The van der Waals surface area contributed by atoms with Crippen molar-refractivity contribution in [3.05, 3.63) is 71.5 Å². The number of hydrogen-bond donors (Lipinski definition) is 1. The van der Waals surface area contributed by atoms with E-state index in [1.54, 1.807) is 6.92 Å². The topological polar surface area (TPSA) is 85.2 Å². The molecule has 0 bridgehead atoms. The van der Waals surface area contributed by atoms with Crippen LogP contribution in [0.4, 0.5) is 0 Å². The van der Waals surface area contributed by atoms with Crippen molar-refractivity contribution in [2.75, 3.05) is 19.6 Å². The van der Waals surface area contributed by atoms with Crippen LogP contribution in [0.2, 0.25) is 0 Å². The number of amides is 1. The number of rotatable bonds is 4. The number of hydrogen-bond acceptors (Lipinski definition) is 5. The van der Waals surface area contributed by atoms with Gasteiger partial charge in [0.15, 0.2) is 5.82 Å². The number of aromatic nitrogens is 2. The van der Waals surface area contributed by atoms with Gasteiger partial charge in [0.1, 0.15) is 0 Å². The summed E-state index contributed by atoms with van der Waals surface area (Å²) in [5.41, 5.74) is 8.48. The highest BCUT2D eigenvalue weighted by Gasteiger charge is 2.36. The molecular weight excluding hydrogens is 376 g/mol. The van der Waals surface area contributed by atoms with Crippen LogP contribution < -0.4 is 5.73 Å². The van der Waals surface area contributed by atoms with Gasteiger partial charge in [-0.1, -0.05) is 47.6 Å². The van der Waals surface area contributed by atoms with Gasteiger partial charge in [0.2, 0.25) is 0 Å². The summed E-state index contributed by atoms with van der Waals surface area (Å²) < 4.78 is 5.28. The smallest absolute Gasteiger partial charge is 0.258 e. The second kappa shape index (κ2) is 8.54. The van der Waals surface area contributed by atoms with E-state index in [0.717, 1.165) is 0 Å². The Labute approximate surface area is 170 Å². The fourth-order valence-corrected chi connectivity index (χ4v) is 3.79. The lowest BCUT2D eigenvalue weighted by Gasteiger charge is -2.18. The van der Waals surface area contributed by atoms with Crippen LogP contribution in [-0.2, 0) is 0 Å². The largest absolute Gasteiger partial charge is 0.338 e. The Bertz CT molecular complexity index is 944. The first-order chi connectivity index (χ1) is 13.2. The van der Waals surface area contributed by atoms with Gasteiger partial charge in [0, 0.05) is 19.0 Å². The SMILES string of the molecule is Cc1noc(-c2ccccc2C(=O)N2C[C@@H](CN)[C@H](c3ccccc3)C2)n1.Cl. The maximum Gasteiger partial charge on any atom is 0.258 e. The summed E-state index contributed by atoms with van der Waals surface area (Å²) in [6.07, 6.45) is 0. The Morgan fingerprint density at radius 3 is 2.54 bits per heavy atom. The number of carbonyl (C=O) groups excluding carboxylic acids is 1. The predicted molar refractivity (Wildman–Crippen MR) is 109 cm³/mol. The quantitative estimate of drug-likeness (QED) is 0.728. The molecule has 0 radical (unpaired) electrons. The van der Waals surface area contributed by atoms with Crippen LogP contribution in [0, 0.1) is 12.8 Å². The summed E-state index contributed by atoms with van der Waals surface area (Å²) >= 11 is 0. The Hall–Kier alpha value is -2.70. The van der Waals surface area contributed by atoms with Crippen molar-refractivity contribution in [2.24, 2.45) is 11.7 Å². The average Bonchev–Trinajstić information content (AvgIpc) is 3.34. The molecule has 4 rings (SSSR count). The van der Waals surface area contributed by atoms with Crippen LogP contribution in [0.3, 0.4) is 0 Å². The number of nitrogens with zero attached hydrogens (tertiary/aromatic N) is 3. The van der Waals surface area contributed by atoms with Crippen LogP contribution in [0.15, 0.2) is 59.1 Å². The molecule has 1 aliphatic rings. The highest BCUT2D eigenvalue weighted by molar-refractivity contribution is 6.00. The molecular formula is C21H23ClN4O2. The third-order valence-corrected chi connectivity index (χ3v) is 5.17. The number of carbonyl (C=O) groups is 1. The third-order valence-electron chi connectivity index (χ3n) is 5.17.